The quantitative estimate of drug-likeness (QED) is 0.897. The first-order valence-electron chi connectivity index (χ1n) is 7.30. The molecule has 1 aromatic rings. The summed E-state index contributed by atoms with van der Waals surface area (Å²) in [6, 6.07) is 2.14. The first kappa shape index (κ1) is 15.9. The molecule has 2 heterocycles. The van der Waals surface area contributed by atoms with Crippen molar-refractivity contribution in [2.75, 3.05) is 23.7 Å². The van der Waals surface area contributed by atoms with E-state index in [1.54, 1.807) is 0 Å². The molecular formula is C15H23N3O2S. The average Bonchev–Trinajstić information content (AvgIpc) is 2.58. The van der Waals surface area contributed by atoms with E-state index in [4.69, 9.17) is 10.5 Å². The van der Waals surface area contributed by atoms with Gasteiger partial charge in [0.1, 0.15) is 21.6 Å². The van der Waals surface area contributed by atoms with Gasteiger partial charge < -0.3 is 20.5 Å². The van der Waals surface area contributed by atoms with Crippen molar-refractivity contribution in [1.82, 2.24) is 0 Å². The number of nitrogens with two attached hydrogens (primary N) is 1. The van der Waals surface area contributed by atoms with Crippen LogP contribution in [0, 0.1) is 11.3 Å². The van der Waals surface area contributed by atoms with Crippen molar-refractivity contribution in [1.29, 1.82) is 5.26 Å². The van der Waals surface area contributed by atoms with Crippen LogP contribution in [0.3, 0.4) is 0 Å². The van der Waals surface area contributed by atoms with E-state index in [9.17, 15) is 10.4 Å². The van der Waals surface area contributed by atoms with E-state index in [-0.39, 0.29) is 6.10 Å². The zero-order valence-electron chi connectivity index (χ0n) is 12.8. The number of aliphatic hydroxyl groups is 1. The molecule has 0 radical (unpaired) electrons. The fourth-order valence-corrected chi connectivity index (χ4v) is 3.53. The van der Waals surface area contributed by atoms with Gasteiger partial charge in [0.2, 0.25) is 0 Å². The Balaban J connectivity index is 2.32. The molecule has 21 heavy (non-hydrogen) atoms. The lowest BCUT2D eigenvalue weighted by atomic mass is 9.98. The molecule has 1 aliphatic rings. The predicted octanol–water partition coefficient (Wildman–Crippen LogP) is 2.73. The maximum Gasteiger partial charge on any atom is 0.178 e. The minimum Gasteiger partial charge on any atom is -0.486 e. The molecular weight excluding hydrogens is 286 g/mol. The summed E-state index contributed by atoms with van der Waals surface area (Å²) in [6.45, 7) is 7.35. The number of nitrogens with zero attached hydrogens (tertiary/aromatic N) is 2. The van der Waals surface area contributed by atoms with E-state index < -0.39 is 5.60 Å². The lowest BCUT2D eigenvalue weighted by molar-refractivity contribution is 0.0481. The van der Waals surface area contributed by atoms with Crippen molar-refractivity contribution < 1.29 is 9.84 Å². The second-order valence-corrected chi connectivity index (χ2v) is 7.09. The molecule has 0 aromatic carbocycles. The molecule has 1 atom stereocenters. The van der Waals surface area contributed by atoms with Crippen molar-refractivity contribution in [3.8, 4) is 11.8 Å². The van der Waals surface area contributed by atoms with Crippen LogP contribution in [0.25, 0.3) is 0 Å². The Bertz CT molecular complexity index is 546. The molecule has 116 valence electrons. The summed E-state index contributed by atoms with van der Waals surface area (Å²) in [5.74, 6) is 0.619. The molecule has 0 spiro atoms. The second-order valence-electron chi connectivity index (χ2n) is 6.10. The van der Waals surface area contributed by atoms with Gasteiger partial charge in [0.15, 0.2) is 5.75 Å². The number of thiophene rings is 1. The second kappa shape index (κ2) is 6.12. The summed E-state index contributed by atoms with van der Waals surface area (Å²) >= 11 is 1.38. The van der Waals surface area contributed by atoms with Crippen LogP contribution < -0.4 is 15.4 Å². The standard InChI is InChI=1S/C15H23N3O2S/c1-10(2)20-13-12(17)11(9-16)21-14(13)18-7-4-5-15(3,19)6-8-18/h10,19H,4-8,17H2,1-3H3. The van der Waals surface area contributed by atoms with Gasteiger partial charge in [-0.1, -0.05) is 0 Å². The van der Waals surface area contributed by atoms with Gasteiger partial charge in [-0.05, 0) is 40.0 Å². The summed E-state index contributed by atoms with van der Waals surface area (Å²) in [5.41, 5.74) is 5.87. The molecule has 1 saturated heterocycles. The number of hydrogen-bond acceptors (Lipinski definition) is 6. The van der Waals surface area contributed by atoms with Crippen molar-refractivity contribution in [2.24, 2.45) is 0 Å². The highest BCUT2D eigenvalue weighted by atomic mass is 32.1. The van der Waals surface area contributed by atoms with Crippen molar-refractivity contribution in [3.05, 3.63) is 4.88 Å². The van der Waals surface area contributed by atoms with Crippen LogP contribution in [0.4, 0.5) is 10.7 Å². The lowest BCUT2D eigenvalue weighted by Gasteiger charge is -2.24. The first-order valence-corrected chi connectivity index (χ1v) is 8.12. The monoisotopic (exact) mass is 309 g/mol. The van der Waals surface area contributed by atoms with Crippen LogP contribution in [-0.2, 0) is 0 Å². The van der Waals surface area contributed by atoms with Gasteiger partial charge in [-0.15, -0.1) is 11.3 Å². The van der Waals surface area contributed by atoms with Gasteiger partial charge in [-0.25, -0.2) is 0 Å². The largest absolute Gasteiger partial charge is 0.486 e. The Morgan fingerprint density at radius 3 is 2.76 bits per heavy atom. The lowest BCUT2D eigenvalue weighted by Crippen LogP contribution is -2.28. The summed E-state index contributed by atoms with van der Waals surface area (Å²) in [5, 5.41) is 20.3. The summed E-state index contributed by atoms with van der Waals surface area (Å²) < 4.78 is 5.83. The smallest absolute Gasteiger partial charge is 0.178 e. The summed E-state index contributed by atoms with van der Waals surface area (Å²) in [6.07, 6.45) is 2.40. The Morgan fingerprint density at radius 2 is 2.14 bits per heavy atom. The normalized spacial score (nSPS) is 23.0. The topological polar surface area (TPSA) is 82.5 Å². The zero-order chi connectivity index (χ0) is 15.6. The van der Waals surface area contributed by atoms with E-state index in [0.29, 0.717) is 22.7 Å². The Hall–Kier alpha value is -1.45. The molecule has 0 saturated carbocycles. The van der Waals surface area contributed by atoms with Crippen molar-refractivity contribution >= 4 is 22.0 Å². The van der Waals surface area contributed by atoms with Crippen molar-refractivity contribution in [2.45, 2.75) is 51.7 Å². The minimum absolute atomic E-state index is 0.00211. The van der Waals surface area contributed by atoms with E-state index in [2.05, 4.69) is 11.0 Å². The van der Waals surface area contributed by atoms with Crippen LogP contribution in [0.15, 0.2) is 0 Å². The molecule has 3 N–H and O–H groups in total. The summed E-state index contributed by atoms with van der Waals surface area (Å²) in [7, 11) is 0. The first-order chi connectivity index (χ1) is 9.84. The number of anilines is 2. The average molecular weight is 309 g/mol. The zero-order valence-corrected chi connectivity index (χ0v) is 13.7. The van der Waals surface area contributed by atoms with Gasteiger partial charge in [0.05, 0.1) is 11.7 Å². The molecule has 5 nitrogen and oxygen atoms in total. The third-order valence-corrected chi connectivity index (χ3v) is 4.84. The Morgan fingerprint density at radius 1 is 1.43 bits per heavy atom. The van der Waals surface area contributed by atoms with E-state index in [0.717, 1.165) is 30.9 Å². The van der Waals surface area contributed by atoms with Gasteiger partial charge in [0.25, 0.3) is 0 Å². The fraction of sp³-hybridized carbons (Fsp3) is 0.667. The van der Waals surface area contributed by atoms with Gasteiger partial charge in [0, 0.05) is 13.1 Å². The molecule has 0 bridgehead atoms. The number of nitrogen functional groups attached to an aromatic ring is 1. The van der Waals surface area contributed by atoms with Gasteiger partial charge in [-0.3, -0.25) is 0 Å². The van der Waals surface area contributed by atoms with Gasteiger partial charge >= 0.3 is 0 Å². The third-order valence-electron chi connectivity index (χ3n) is 3.69. The van der Waals surface area contributed by atoms with Crippen LogP contribution in [-0.4, -0.2) is 29.9 Å². The number of rotatable bonds is 3. The molecule has 1 aliphatic heterocycles. The van der Waals surface area contributed by atoms with Crippen molar-refractivity contribution in [3.63, 3.8) is 0 Å². The fourth-order valence-electron chi connectivity index (χ4n) is 2.52. The van der Waals surface area contributed by atoms with Gasteiger partial charge in [-0.2, -0.15) is 5.26 Å². The van der Waals surface area contributed by atoms with Crippen LogP contribution in [0.2, 0.25) is 0 Å². The Kier molecular flexibility index (Phi) is 4.64. The Labute approximate surface area is 129 Å². The third kappa shape index (κ3) is 3.60. The van der Waals surface area contributed by atoms with E-state index >= 15 is 0 Å². The van der Waals surface area contributed by atoms with Crippen LogP contribution in [0.1, 0.15) is 44.9 Å². The molecule has 0 amide bonds. The minimum atomic E-state index is -0.616. The molecule has 2 rings (SSSR count). The molecule has 6 heteroatoms. The van der Waals surface area contributed by atoms with E-state index in [1.165, 1.54) is 11.3 Å². The molecule has 0 aliphatic carbocycles. The number of nitriles is 1. The molecule has 1 fully saturated rings. The number of hydrogen-bond donors (Lipinski definition) is 2. The van der Waals surface area contributed by atoms with Crippen LogP contribution >= 0.6 is 11.3 Å². The van der Waals surface area contributed by atoms with E-state index in [1.807, 2.05) is 20.8 Å². The number of ether oxygens (including phenoxy) is 1. The summed E-state index contributed by atoms with van der Waals surface area (Å²) in [4.78, 5) is 2.68. The van der Waals surface area contributed by atoms with Crippen LogP contribution in [0.5, 0.6) is 5.75 Å². The molecule has 1 aromatic heterocycles. The highest BCUT2D eigenvalue weighted by Crippen LogP contribution is 2.45. The maximum atomic E-state index is 10.2. The maximum absolute atomic E-state index is 10.2. The SMILES string of the molecule is CC(C)Oc1c(N2CCCC(C)(O)CC2)sc(C#N)c1N. The predicted molar refractivity (Wildman–Crippen MR) is 85.9 cm³/mol. The highest BCUT2D eigenvalue weighted by molar-refractivity contribution is 7.17. The molecule has 1 unspecified atom stereocenters. The highest BCUT2D eigenvalue weighted by Gasteiger charge is 2.29.